The number of ether oxygens (including phenoxy) is 1. The third kappa shape index (κ3) is 4.83. The number of nitrogens with one attached hydrogen (secondary N) is 2. The van der Waals surface area contributed by atoms with Crippen molar-refractivity contribution in [3.8, 4) is 17.0 Å². The van der Waals surface area contributed by atoms with Crippen molar-refractivity contribution in [2.24, 2.45) is 5.10 Å². The minimum absolute atomic E-state index is 0.0486. The second-order valence-corrected chi connectivity index (χ2v) is 9.22. The lowest BCUT2D eigenvalue weighted by Crippen LogP contribution is -2.19. The zero-order valence-electron chi connectivity index (χ0n) is 16.8. The number of rotatable bonds is 6. The molecular weight excluding hydrogens is 388 g/mol. The number of H-pyrrole nitrogens is 1. The largest absolute Gasteiger partial charge is 0.497 e. The molecule has 3 aromatic rings. The fraction of sp³-hybridized carbons (Fsp3) is 0.238. The molecule has 29 heavy (non-hydrogen) atoms. The Balaban J connectivity index is 1.75. The molecule has 0 atom stereocenters. The van der Waals surface area contributed by atoms with Gasteiger partial charge < -0.3 is 4.74 Å². The van der Waals surface area contributed by atoms with Crippen LogP contribution in [0.2, 0.25) is 0 Å². The highest BCUT2D eigenvalue weighted by Gasteiger charge is 2.17. The first kappa shape index (κ1) is 20.6. The van der Waals surface area contributed by atoms with E-state index in [9.17, 15) is 8.42 Å². The van der Waals surface area contributed by atoms with Gasteiger partial charge in [0.05, 0.1) is 30.1 Å². The summed E-state index contributed by atoms with van der Waals surface area (Å²) in [6, 6.07) is 14.2. The van der Waals surface area contributed by atoms with Gasteiger partial charge in [-0.15, -0.1) is 0 Å². The molecule has 0 amide bonds. The summed E-state index contributed by atoms with van der Waals surface area (Å²) in [5.41, 5.74) is 3.27. The van der Waals surface area contributed by atoms with Gasteiger partial charge in [0, 0.05) is 11.1 Å². The number of nitrogens with zero attached hydrogens (tertiary/aromatic N) is 2. The molecule has 0 aliphatic rings. The Bertz CT molecular complexity index is 1090. The van der Waals surface area contributed by atoms with Crippen molar-refractivity contribution < 1.29 is 13.2 Å². The summed E-state index contributed by atoms with van der Waals surface area (Å²) >= 11 is 0. The van der Waals surface area contributed by atoms with E-state index in [0.29, 0.717) is 5.56 Å². The van der Waals surface area contributed by atoms with Crippen molar-refractivity contribution in [2.45, 2.75) is 31.1 Å². The van der Waals surface area contributed by atoms with Crippen LogP contribution in [-0.2, 0) is 15.4 Å². The molecular formula is C21H24N4O3S. The van der Waals surface area contributed by atoms with Gasteiger partial charge in [0.2, 0.25) is 0 Å². The van der Waals surface area contributed by atoms with Crippen LogP contribution in [-0.4, -0.2) is 31.9 Å². The van der Waals surface area contributed by atoms with Crippen LogP contribution >= 0.6 is 0 Å². The topological polar surface area (TPSA) is 96.4 Å². The Labute approximate surface area is 170 Å². The number of aromatic amines is 1. The number of aromatic nitrogens is 2. The standard InChI is InChI=1S/C21H24N4O3S/c1-21(2,3)17-7-11-19(12-8-17)29(26,27)25-23-14-16-13-22-24-20(16)15-5-9-18(28-4)10-6-15/h5-14,25H,1-4H3,(H,22,24)/b23-14-. The van der Waals surface area contributed by atoms with Crippen LogP contribution in [0.1, 0.15) is 31.9 Å². The van der Waals surface area contributed by atoms with Gasteiger partial charge in [0.25, 0.3) is 10.0 Å². The van der Waals surface area contributed by atoms with Crippen LogP contribution in [0.5, 0.6) is 5.75 Å². The summed E-state index contributed by atoms with van der Waals surface area (Å²) in [5.74, 6) is 0.744. The molecule has 2 N–H and O–H groups in total. The van der Waals surface area contributed by atoms with Crippen LogP contribution in [0.15, 0.2) is 64.7 Å². The van der Waals surface area contributed by atoms with Gasteiger partial charge in [0.1, 0.15) is 5.75 Å². The van der Waals surface area contributed by atoms with E-state index in [-0.39, 0.29) is 10.3 Å². The van der Waals surface area contributed by atoms with Gasteiger partial charge in [-0.1, -0.05) is 32.9 Å². The Morgan fingerprint density at radius 3 is 2.31 bits per heavy atom. The van der Waals surface area contributed by atoms with Crippen molar-refractivity contribution in [1.29, 1.82) is 0 Å². The third-order valence-electron chi connectivity index (χ3n) is 4.45. The van der Waals surface area contributed by atoms with E-state index in [2.05, 4.69) is 40.9 Å². The second kappa shape index (κ2) is 8.08. The Hall–Kier alpha value is -3.13. The number of methoxy groups -OCH3 is 1. The van der Waals surface area contributed by atoms with E-state index in [0.717, 1.165) is 22.6 Å². The summed E-state index contributed by atoms with van der Waals surface area (Å²) in [6.45, 7) is 6.22. The van der Waals surface area contributed by atoms with E-state index in [1.165, 1.54) is 6.21 Å². The van der Waals surface area contributed by atoms with Crippen LogP contribution in [0.4, 0.5) is 0 Å². The molecule has 0 radical (unpaired) electrons. The lowest BCUT2D eigenvalue weighted by Gasteiger charge is -2.19. The predicted octanol–water partition coefficient (Wildman–Crippen LogP) is 3.70. The van der Waals surface area contributed by atoms with E-state index in [1.54, 1.807) is 25.4 Å². The van der Waals surface area contributed by atoms with E-state index in [1.807, 2.05) is 36.4 Å². The maximum Gasteiger partial charge on any atom is 0.276 e. The smallest absolute Gasteiger partial charge is 0.276 e. The van der Waals surface area contributed by atoms with Crippen molar-refractivity contribution in [3.63, 3.8) is 0 Å². The molecule has 0 saturated heterocycles. The van der Waals surface area contributed by atoms with E-state index >= 15 is 0 Å². The number of hydrogen-bond acceptors (Lipinski definition) is 5. The Kier molecular flexibility index (Phi) is 5.74. The summed E-state index contributed by atoms with van der Waals surface area (Å²) in [6.07, 6.45) is 3.00. The molecule has 0 saturated carbocycles. The summed E-state index contributed by atoms with van der Waals surface area (Å²) in [5, 5.41) is 10.8. The first-order valence-electron chi connectivity index (χ1n) is 9.04. The highest BCUT2D eigenvalue weighted by molar-refractivity contribution is 7.89. The minimum atomic E-state index is -3.76. The first-order chi connectivity index (χ1) is 13.7. The van der Waals surface area contributed by atoms with Crippen molar-refractivity contribution in [2.75, 3.05) is 7.11 Å². The average molecular weight is 413 g/mol. The molecule has 0 unspecified atom stereocenters. The van der Waals surface area contributed by atoms with Gasteiger partial charge in [-0.3, -0.25) is 5.10 Å². The van der Waals surface area contributed by atoms with Crippen LogP contribution in [0.25, 0.3) is 11.3 Å². The molecule has 1 aromatic heterocycles. The van der Waals surface area contributed by atoms with Crippen LogP contribution in [0, 0.1) is 0 Å². The molecule has 7 nitrogen and oxygen atoms in total. The summed E-state index contributed by atoms with van der Waals surface area (Å²) in [7, 11) is -2.15. The van der Waals surface area contributed by atoms with Crippen molar-refractivity contribution >= 4 is 16.2 Å². The molecule has 0 fully saturated rings. The first-order valence-corrected chi connectivity index (χ1v) is 10.5. The normalized spacial score (nSPS) is 12.3. The van der Waals surface area contributed by atoms with E-state index < -0.39 is 10.0 Å². The van der Waals surface area contributed by atoms with Gasteiger partial charge in [-0.2, -0.15) is 18.6 Å². The molecule has 3 rings (SSSR count). The van der Waals surface area contributed by atoms with Gasteiger partial charge in [-0.25, -0.2) is 4.83 Å². The minimum Gasteiger partial charge on any atom is -0.497 e. The molecule has 2 aromatic carbocycles. The highest BCUT2D eigenvalue weighted by Crippen LogP contribution is 2.24. The predicted molar refractivity (Wildman–Crippen MR) is 114 cm³/mol. The summed E-state index contributed by atoms with van der Waals surface area (Å²) in [4.78, 5) is 2.41. The Morgan fingerprint density at radius 2 is 1.72 bits per heavy atom. The zero-order chi connectivity index (χ0) is 21.1. The molecule has 0 aliphatic heterocycles. The molecule has 1 heterocycles. The van der Waals surface area contributed by atoms with Gasteiger partial charge in [0.15, 0.2) is 0 Å². The lowest BCUT2D eigenvalue weighted by molar-refractivity contribution is 0.415. The van der Waals surface area contributed by atoms with Gasteiger partial charge in [-0.05, 0) is 47.4 Å². The van der Waals surface area contributed by atoms with Crippen LogP contribution < -0.4 is 9.57 Å². The van der Waals surface area contributed by atoms with Gasteiger partial charge >= 0.3 is 0 Å². The maximum atomic E-state index is 12.5. The van der Waals surface area contributed by atoms with E-state index in [4.69, 9.17) is 4.74 Å². The number of hydrazone groups is 1. The SMILES string of the molecule is COc1ccc(-c2[nH]ncc2/C=N\NS(=O)(=O)c2ccc(C(C)(C)C)cc2)cc1. The zero-order valence-corrected chi connectivity index (χ0v) is 17.6. The number of hydrogen-bond donors (Lipinski definition) is 2. The number of sulfonamides is 1. The lowest BCUT2D eigenvalue weighted by atomic mass is 9.87. The Morgan fingerprint density at radius 1 is 1.07 bits per heavy atom. The maximum absolute atomic E-state index is 12.5. The molecule has 0 aliphatic carbocycles. The molecule has 152 valence electrons. The molecule has 0 spiro atoms. The molecule has 8 heteroatoms. The second-order valence-electron chi connectivity index (χ2n) is 7.56. The fourth-order valence-corrected chi connectivity index (χ4v) is 3.53. The highest BCUT2D eigenvalue weighted by atomic mass is 32.2. The van der Waals surface area contributed by atoms with Crippen molar-refractivity contribution in [3.05, 3.63) is 65.9 Å². The molecule has 0 bridgehead atoms. The third-order valence-corrected chi connectivity index (χ3v) is 5.69. The summed E-state index contributed by atoms with van der Waals surface area (Å²) < 4.78 is 30.1. The fourth-order valence-electron chi connectivity index (χ4n) is 2.73. The number of benzene rings is 2. The van der Waals surface area contributed by atoms with Crippen LogP contribution in [0.3, 0.4) is 0 Å². The quantitative estimate of drug-likeness (QED) is 0.477. The van der Waals surface area contributed by atoms with Crippen molar-refractivity contribution in [1.82, 2.24) is 15.0 Å². The monoisotopic (exact) mass is 412 g/mol. The average Bonchev–Trinajstić information content (AvgIpc) is 3.16.